The fraction of sp³-hybridized carbons (Fsp3) is 0.833. The number of rotatable bonds is 7. The van der Waals surface area contributed by atoms with Crippen LogP contribution in [0.25, 0.3) is 0 Å². The third-order valence-electron chi connectivity index (χ3n) is 3.20. The van der Waals surface area contributed by atoms with E-state index in [0.717, 1.165) is 19.3 Å². The molecule has 1 aliphatic heterocycles. The molecule has 0 spiro atoms. The molecule has 1 heterocycles. The second-order valence-corrected chi connectivity index (χ2v) is 6.63. The highest BCUT2D eigenvalue weighted by molar-refractivity contribution is 7.86. The molecule has 0 aliphatic carbocycles. The molecule has 0 amide bonds. The monoisotopic (exact) mass is 276 g/mol. The molecule has 1 fully saturated rings. The Hall–Kier alpha value is -0.430. The Balaban J connectivity index is 2.78. The molecule has 6 heteroatoms. The first-order valence-corrected chi connectivity index (χ1v) is 7.92. The van der Waals surface area contributed by atoms with E-state index in [-0.39, 0.29) is 12.5 Å². The summed E-state index contributed by atoms with van der Waals surface area (Å²) in [5.74, 6) is 0.0701. The zero-order valence-electron chi connectivity index (χ0n) is 11.1. The van der Waals surface area contributed by atoms with Crippen LogP contribution in [0.4, 0.5) is 0 Å². The van der Waals surface area contributed by atoms with Gasteiger partial charge in [0, 0.05) is 32.8 Å². The predicted octanol–water partition coefficient (Wildman–Crippen LogP) is 0.834. The third kappa shape index (κ3) is 3.78. The molecule has 1 N–H and O–H groups in total. The van der Waals surface area contributed by atoms with Crippen LogP contribution in [0.2, 0.25) is 0 Å². The second kappa shape index (κ2) is 7.23. The van der Waals surface area contributed by atoms with Gasteiger partial charge in [-0.15, -0.1) is 6.58 Å². The number of aliphatic hydroxyl groups is 1. The Kier molecular flexibility index (Phi) is 6.28. The van der Waals surface area contributed by atoms with E-state index in [9.17, 15) is 8.42 Å². The van der Waals surface area contributed by atoms with Gasteiger partial charge in [0.05, 0.1) is 0 Å². The highest BCUT2D eigenvalue weighted by Gasteiger charge is 2.32. The van der Waals surface area contributed by atoms with Crippen LogP contribution in [0.5, 0.6) is 0 Å². The Bertz CT molecular complexity index is 356. The van der Waals surface area contributed by atoms with Gasteiger partial charge in [-0.1, -0.05) is 13.0 Å². The third-order valence-corrected chi connectivity index (χ3v) is 5.17. The summed E-state index contributed by atoms with van der Waals surface area (Å²) in [4.78, 5) is 0. The lowest BCUT2D eigenvalue weighted by Crippen LogP contribution is -2.48. The fourth-order valence-corrected chi connectivity index (χ4v) is 4.04. The standard InChI is InChI=1S/C12H24N2O3S/c1-3-7-13(8-4-2)18(16,17)14-9-5-6-12(10-14)11-15/h3,12,15H,1,4-11H2,2H3. The molecule has 1 unspecified atom stereocenters. The number of nitrogens with zero attached hydrogens (tertiary/aromatic N) is 2. The van der Waals surface area contributed by atoms with E-state index in [1.165, 1.54) is 8.61 Å². The molecule has 5 nitrogen and oxygen atoms in total. The lowest BCUT2D eigenvalue weighted by molar-refractivity contribution is 0.161. The topological polar surface area (TPSA) is 60.9 Å². The van der Waals surface area contributed by atoms with Crippen molar-refractivity contribution in [3.8, 4) is 0 Å². The molecule has 0 aromatic heterocycles. The number of aliphatic hydroxyl groups excluding tert-OH is 1. The van der Waals surface area contributed by atoms with Gasteiger partial charge in [0.1, 0.15) is 0 Å². The van der Waals surface area contributed by atoms with Crippen molar-refractivity contribution >= 4 is 10.2 Å². The van der Waals surface area contributed by atoms with Gasteiger partial charge in [0.2, 0.25) is 0 Å². The van der Waals surface area contributed by atoms with Crippen molar-refractivity contribution in [1.82, 2.24) is 8.61 Å². The van der Waals surface area contributed by atoms with Gasteiger partial charge in [0.25, 0.3) is 10.2 Å². The van der Waals surface area contributed by atoms with Gasteiger partial charge in [-0.3, -0.25) is 0 Å². The zero-order chi connectivity index (χ0) is 13.6. The molecular weight excluding hydrogens is 252 g/mol. The maximum Gasteiger partial charge on any atom is 0.282 e. The predicted molar refractivity (Wildman–Crippen MR) is 72.4 cm³/mol. The summed E-state index contributed by atoms with van der Waals surface area (Å²) >= 11 is 0. The van der Waals surface area contributed by atoms with Gasteiger partial charge >= 0.3 is 0 Å². The first kappa shape index (κ1) is 15.6. The number of hydrogen-bond donors (Lipinski definition) is 1. The fourth-order valence-electron chi connectivity index (χ4n) is 2.24. The van der Waals surface area contributed by atoms with Gasteiger partial charge < -0.3 is 5.11 Å². The highest BCUT2D eigenvalue weighted by atomic mass is 32.2. The molecule has 0 aromatic carbocycles. The van der Waals surface area contributed by atoms with Crippen molar-refractivity contribution < 1.29 is 13.5 Å². The van der Waals surface area contributed by atoms with E-state index in [1.807, 2.05) is 6.92 Å². The minimum atomic E-state index is -3.41. The smallest absolute Gasteiger partial charge is 0.282 e. The maximum atomic E-state index is 12.4. The van der Waals surface area contributed by atoms with Crippen molar-refractivity contribution in [2.75, 3.05) is 32.8 Å². The Labute approximate surface area is 110 Å². The minimum absolute atomic E-state index is 0.0568. The summed E-state index contributed by atoms with van der Waals surface area (Å²) in [6, 6.07) is 0. The summed E-state index contributed by atoms with van der Waals surface area (Å²) in [6.45, 7) is 7.45. The largest absolute Gasteiger partial charge is 0.396 e. The van der Waals surface area contributed by atoms with Crippen LogP contribution in [0.1, 0.15) is 26.2 Å². The molecule has 0 aromatic rings. The highest BCUT2D eigenvalue weighted by Crippen LogP contribution is 2.20. The Morgan fingerprint density at radius 1 is 1.56 bits per heavy atom. The molecule has 0 saturated carbocycles. The van der Waals surface area contributed by atoms with E-state index in [4.69, 9.17) is 5.11 Å². The van der Waals surface area contributed by atoms with Crippen LogP contribution in [-0.4, -0.2) is 54.9 Å². The molecule has 1 aliphatic rings. The van der Waals surface area contributed by atoms with Crippen LogP contribution in [0, 0.1) is 5.92 Å². The van der Waals surface area contributed by atoms with Crippen molar-refractivity contribution in [3.63, 3.8) is 0 Å². The van der Waals surface area contributed by atoms with E-state index in [1.54, 1.807) is 6.08 Å². The summed E-state index contributed by atoms with van der Waals surface area (Å²) < 4.78 is 27.9. The van der Waals surface area contributed by atoms with Crippen molar-refractivity contribution in [2.24, 2.45) is 5.92 Å². The number of hydrogen-bond acceptors (Lipinski definition) is 3. The molecule has 0 bridgehead atoms. The van der Waals surface area contributed by atoms with Gasteiger partial charge in [-0.25, -0.2) is 0 Å². The van der Waals surface area contributed by atoms with Crippen LogP contribution < -0.4 is 0 Å². The van der Waals surface area contributed by atoms with E-state index in [2.05, 4.69) is 6.58 Å². The van der Waals surface area contributed by atoms with Crippen LogP contribution in [0.15, 0.2) is 12.7 Å². The summed E-state index contributed by atoms with van der Waals surface area (Å²) in [5, 5.41) is 9.17. The van der Waals surface area contributed by atoms with Crippen molar-refractivity contribution in [1.29, 1.82) is 0 Å². The molecule has 18 heavy (non-hydrogen) atoms. The second-order valence-electron chi connectivity index (χ2n) is 4.70. The van der Waals surface area contributed by atoms with Gasteiger partial charge in [-0.05, 0) is 25.2 Å². The lowest BCUT2D eigenvalue weighted by atomic mass is 10.0. The van der Waals surface area contributed by atoms with Gasteiger partial charge in [0.15, 0.2) is 0 Å². The molecule has 1 saturated heterocycles. The summed E-state index contributed by atoms with van der Waals surface area (Å²) in [5.41, 5.74) is 0. The van der Waals surface area contributed by atoms with E-state index in [0.29, 0.717) is 26.2 Å². The minimum Gasteiger partial charge on any atom is -0.396 e. The van der Waals surface area contributed by atoms with Crippen molar-refractivity contribution in [2.45, 2.75) is 26.2 Å². The van der Waals surface area contributed by atoms with Crippen LogP contribution in [-0.2, 0) is 10.2 Å². The average molecular weight is 276 g/mol. The summed E-state index contributed by atoms with van der Waals surface area (Å²) in [7, 11) is -3.41. The SMILES string of the molecule is C=CCN(CCC)S(=O)(=O)N1CCCC(CO)C1. The zero-order valence-corrected chi connectivity index (χ0v) is 11.9. The normalized spacial score (nSPS) is 22.3. The lowest BCUT2D eigenvalue weighted by Gasteiger charge is -2.34. The molecule has 106 valence electrons. The van der Waals surface area contributed by atoms with E-state index >= 15 is 0 Å². The first-order valence-electron chi connectivity index (χ1n) is 6.53. The number of piperidine rings is 1. The van der Waals surface area contributed by atoms with Crippen molar-refractivity contribution in [3.05, 3.63) is 12.7 Å². The molecular formula is C12H24N2O3S. The molecule has 0 radical (unpaired) electrons. The average Bonchev–Trinajstić information content (AvgIpc) is 2.38. The summed E-state index contributed by atoms with van der Waals surface area (Å²) in [6.07, 6.45) is 4.11. The van der Waals surface area contributed by atoms with E-state index < -0.39 is 10.2 Å². The Morgan fingerprint density at radius 3 is 2.83 bits per heavy atom. The van der Waals surface area contributed by atoms with Gasteiger partial charge in [-0.2, -0.15) is 17.0 Å². The quantitative estimate of drug-likeness (QED) is 0.701. The molecule has 1 atom stereocenters. The first-order chi connectivity index (χ1) is 8.56. The van der Waals surface area contributed by atoms with Crippen LogP contribution in [0.3, 0.4) is 0 Å². The van der Waals surface area contributed by atoms with Crippen LogP contribution >= 0.6 is 0 Å². The Morgan fingerprint density at radius 2 is 2.28 bits per heavy atom. The molecule has 1 rings (SSSR count). The maximum absolute atomic E-state index is 12.4.